The summed E-state index contributed by atoms with van der Waals surface area (Å²) in [4.78, 5) is 26.8. The zero-order chi connectivity index (χ0) is 22.2. The summed E-state index contributed by atoms with van der Waals surface area (Å²) in [7, 11) is 0. The van der Waals surface area contributed by atoms with Crippen LogP contribution in [0.25, 0.3) is 16.8 Å². The quantitative estimate of drug-likeness (QED) is 0.279. The van der Waals surface area contributed by atoms with Crippen LogP contribution in [0.15, 0.2) is 60.8 Å². The van der Waals surface area contributed by atoms with Crippen LogP contribution in [0.2, 0.25) is 0 Å². The SMILES string of the molecule is Cc1cc(-c2cccn3nc(Nc4ccc(C(=O)C=O)cc4)nc23)cc(C(C)(C)C)c1. The van der Waals surface area contributed by atoms with Gasteiger partial charge in [-0.25, -0.2) is 4.52 Å². The number of benzene rings is 2. The molecule has 0 radical (unpaired) electrons. The predicted octanol–water partition coefficient (Wildman–Crippen LogP) is 5.13. The van der Waals surface area contributed by atoms with Crippen LogP contribution in [-0.2, 0) is 10.2 Å². The molecule has 0 saturated carbocycles. The van der Waals surface area contributed by atoms with Crippen molar-refractivity contribution in [2.45, 2.75) is 33.1 Å². The number of pyridine rings is 1. The minimum absolute atomic E-state index is 0.0453. The Bertz CT molecular complexity index is 1280. The highest BCUT2D eigenvalue weighted by Crippen LogP contribution is 2.31. The van der Waals surface area contributed by atoms with Crippen molar-refractivity contribution in [1.82, 2.24) is 14.6 Å². The third kappa shape index (κ3) is 4.23. The van der Waals surface area contributed by atoms with Crippen molar-refractivity contribution in [3.8, 4) is 11.1 Å². The van der Waals surface area contributed by atoms with Gasteiger partial charge in [-0.3, -0.25) is 9.59 Å². The van der Waals surface area contributed by atoms with Gasteiger partial charge in [-0.1, -0.05) is 44.5 Å². The third-order valence-corrected chi connectivity index (χ3v) is 5.15. The smallest absolute Gasteiger partial charge is 0.247 e. The van der Waals surface area contributed by atoms with Gasteiger partial charge in [0.15, 0.2) is 11.9 Å². The fourth-order valence-corrected chi connectivity index (χ4v) is 3.47. The molecular formula is C25H24N4O2. The number of nitrogens with zero attached hydrogens (tertiary/aromatic N) is 3. The molecule has 156 valence electrons. The summed E-state index contributed by atoms with van der Waals surface area (Å²) in [5.74, 6) is -0.0968. The van der Waals surface area contributed by atoms with Gasteiger partial charge in [-0.05, 0) is 59.9 Å². The van der Waals surface area contributed by atoms with E-state index in [0.29, 0.717) is 17.8 Å². The second kappa shape index (κ2) is 7.80. The fraction of sp³-hybridized carbons (Fsp3) is 0.200. The van der Waals surface area contributed by atoms with E-state index in [2.05, 4.69) is 62.4 Å². The molecule has 4 aromatic rings. The molecule has 0 aliphatic carbocycles. The van der Waals surface area contributed by atoms with Gasteiger partial charge in [0, 0.05) is 23.0 Å². The minimum Gasteiger partial charge on any atom is -0.323 e. The lowest BCUT2D eigenvalue weighted by Crippen LogP contribution is -2.11. The van der Waals surface area contributed by atoms with Gasteiger partial charge in [-0.15, -0.1) is 5.10 Å². The number of hydrogen-bond donors (Lipinski definition) is 1. The highest BCUT2D eigenvalue weighted by molar-refractivity contribution is 6.33. The van der Waals surface area contributed by atoms with Crippen molar-refractivity contribution in [3.63, 3.8) is 0 Å². The molecular weight excluding hydrogens is 388 g/mol. The molecule has 0 unspecified atom stereocenters. The molecule has 0 spiro atoms. The summed E-state index contributed by atoms with van der Waals surface area (Å²) in [5.41, 5.74) is 6.45. The van der Waals surface area contributed by atoms with Crippen LogP contribution in [0.3, 0.4) is 0 Å². The first-order chi connectivity index (χ1) is 14.7. The summed E-state index contributed by atoms with van der Waals surface area (Å²) < 4.78 is 1.75. The summed E-state index contributed by atoms with van der Waals surface area (Å²) in [5, 5.41) is 7.69. The van der Waals surface area contributed by atoms with E-state index in [1.165, 1.54) is 11.1 Å². The molecule has 6 nitrogen and oxygen atoms in total. The molecule has 6 heteroatoms. The number of carbonyl (C=O) groups is 2. The maximum absolute atomic E-state index is 11.5. The monoisotopic (exact) mass is 412 g/mol. The average Bonchev–Trinajstić information content (AvgIpc) is 3.15. The Kier molecular flexibility index (Phi) is 5.15. The van der Waals surface area contributed by atoms with Crippen molar-refractivity contribution < 1.29 is 9.59 Å². The first kappa shape index (κ1) is 20.5. The molecule has 31 heavy (non-hydrogen) atoms. The maximum Gasteiger partial charge on any atom is 0.247 e. The highest BCUT2D eigenvalue weighted by atomic mass is 16.2. The predicted molar refractivity (Wildman–Crippen MR) is 122 cm³/mol. The largest absolute Gasteiger partial charge is 0.323 e. The Morgan fingerprint density at radius 2 is 1.81 bits per heavy atom. The standard InChI is InChI=1S/C25H24N4O2/c1-16-12-18(14-19(13-16)25(2,3)4)21-6-5-11-29-23(21)27-24(28-29)26-20-9-7-17(8-10-20)22(31)15-30/h5-15H,1-4H3,(H,26,28). The average molecular weight is 412 g/mol. The summed E-state index contributed by atoms with van der Waals surface area (Å²) in [6.45, 7) is 8.73. The van der Waals surface area contributed by atoms with Crippen molar-refractivity contribution in [3.05, 3.63) is 77.5 Å². The Balaban J connectivity index is 1.70. The molecule has 0 bridgehead atoms. The molecule has 0 atom stereocenters. The molecule has 0 saturated heterocycles. The maximum atomic E-state index is 11.5. The Morgan fingerprint density at radius 3 is 2.48 bits per heavy atom. The molecule has 0 aliphatic heterocycles. The summed E-state index contributed by atoms with van der Waals surface area (Å²) >= 11 is 0. The van der Waals surface area contributed by atoms with Gasteiger partial charge < -0.3 is 5.32 Å². The molecule has 1 N–H and O–H groups in total. The number of carbonyl (C=O) groups excluding carboxylic acids is 2. The van der Waals surface area contributed by atoms with Gasteiger partial charge in [0.25, 0.3) is 0 Å². The van der Waals surface area contributed by atoms with E-state index in [1.807, 2.05) is 12.3 Å². The molecule has 0 amide bonds. The summed E-state index contributed by atoms with van der Waals surface area (Å²) in [6.07, 6.45) is 2.17. The van der Waals surface area contributed by atoms with E-state index in [9.17, 15) is 9.59 Å². The first-order valence-corrected chi connectivity index (χ1v) is 10.1. The van der Waals surface area contributed by atoms with Crippen LogP contribution in [0.5, 0.6) is 0 Å². The van der Waals surface area contributed by atoms with E-state index < -0.39 is 5.78 Å². The number of aldehydes is 1. The number of ketones is 1. The lowest BCUT2D eigenvalue weighted by molar-refractivity contribution is -0.104. The normalized spacial score (nSPS) is 11.5. The third-order valence-electron chi connectivity index (χ3n) is 5.15. The van der Waals surface area contributed by atoms with Crippen molar-refractivity contribution in [1.29, 1.82) is 0 Å². The van der Waals surface area contributed by atoms with Gasteiger partial charge >= 0.3 is 0 Å². The van der Waals surface area contributed by atoms with Crippen molar-refractivity contribution >= 4 is 29.4 Å². The van der Waals surface area contributed by atoms with Crippen LogP contribution < -0.4 is 5.32 Å². The molecule has 4 rings (SSSR count). The van der Waals surface area contributed by atoms with E-state index in [-0.39, 0.29) is 5.41 Å². The minimum atomic E-state index is -0.546. The fourth-order valence-electron chi connectivity index (χ4n) is 3.47. The number of nitrogens with one attached hydrogen (secondary N) is 1. The van der Waals surface area contributed by atoms with Crippen LogP contribution in [-0.4, -0.2) is 26.7 Å². The number of anilines is 2. The van der Waals surface area contributed by atoms with E-state index in [0.717, 1.165) is 22.5 Å². The highest BCUT2D eigenvalue weighted by Gasteiger charge is 2.17. The van der Waals surface area contributed by atoms with Gasteiger partial charge in [-0.2, -0.15) is 4.98 Å². The van der Waals surface area contributed by atoms with E-state index in [4.69, 9.17) is 4.98 Å². The molecule has 2 aromatic heterocycles. The zero-order valence-corrected chi connectivity index (χ0v) is 18.0. The summed E-state index contributed by atoms with van der Waals surface area (Å²) in [6, 6.07) is 17.2. The Hall–Kier alpha value is -3.80. The van der Waals surface area contributed by atoms with Gasteiger partial charge in [0.1, 0.15) is 0 Å². The topological polar surface area (TPSA) is 76.4 Å². The number of hydrogen-bond acceptors (Lipinski definition) is 5. The van der Waals surface area contributed by atoms with Gasteiger partial charge in [0.2, 0.25) is 11.7 Å². The molecule has 2 aromatic carbocycles. The molecule has 0 fully saturated rings. The number of rotatable bonds is 5. The second-order valence-electron chi connectivity index (χ2n) is 8.65. The van der Waals surface area contributed by atoms with Crippen molar-refractivity contribution in [2.75, 3.05) is 5.32 Å². The first-order valence-electron chi connectivity index (χ1n) is 10.1. The lowest BCUT2D eigenvalue weighted by atomic mass is 9.84. The number of Topliss-reactive ketones (excluding diaryl/α,β-unsaturated/α-hetero) is 1. The van der Waals surface area contributed by atoms with Crippen LogP contribution >= 0.6 is 0 Å². The lowest BCUT2D eigenvalue weighted by Gasteiger charge is -2.21. The number of aromatic nitrogens is 3. The van der Waals surface area contributed by atoms with E-state index >= 15 is 0 Å². The van der Waals surface area contributed by atoms with Crippen LogP contribution in [0.4, 0.5) is 11.6 Å². The van der Waals surface area contributed by atoms with Crippen LogP contribution in [0, 0.1) is 6.92 Å². The molecule has 2 heterocycles. The number of fused-ring (bicyclic) bond motifs is 1. The van der Waals surface area contributed by atoms with E-state index in [1.54, 1.807) is 28.8 Å². The van der Waals surface area contributed by atoms with Crippen LogP contribution in [0.1, 0.15) is 42.3 Å². The second-order valence-corrected chi connectivity index (χ2v) is 8.65. The molecule has 0 aliphatic rings. The van der Waals surface area contributed by atoms with Crippen molar-refractivity contribution in [2.24, 2.45) is 0 Å². The Labute approximate surface area is 180 Å². The van der Waals surface area contributed by atoms with Gasteiger partial charge in [0.05, 0.1) is 0 Å². The Morgan fingerprint density at radius 1 is 1.06 bits per heavy atom. The number of aryl methyl sites for hydroxylation is 1. The zero-order valence-electron chi connectivity index (χ0n) is 18.0.